The van der Waals surface area contributed by atoms with Crippen molar-refractivity contribution in [2.24, 2.45) is 0 Å². The molecule has 7 heteroatoms. The van der Waals surface area contributed by atoms with Crippen LogP contribution in [0.2, 0.25) is 0 Å². The number of carbonyl (C=O) groups is 1. The van der Waals surface area contributed by atoms with E-state index in [2.05, 4.69) is 10.3 Å². The minimum Gasteiger partial charge on any atom is -0.321 e. The first kappa shape index (κ1) is 14.0. The maximum absolute atomic E-state index is 12.6. The molecule has 1 aromatic carbocycles. The third-order valence-corrected chi connectivity index (χ3v) is 2.44. The molecule has 0 radical (unpaired) electrons. The first-order valence-corrected chi connectivity index (χ1v) is 5.46. The van der Waals surface area contributed by atoms with Crippen LogP contribution in [0.25, 0.3) is 0 Å². The SMILES string of the molecule is O=C(Nc1ccc(F)nc1)c1cccc(C(F)(F)F)c1. The van der Waals surface area contributed by atoms with Gasteiger partial charge in [0.2, 0.25) is 5.95 Å². The molecule has 1 amide bonds. The summed E-state index contributed by atoms with van der Waals surface area (Å²) in [5.41, 5.74) is -0.875. The third-order valence-electron chi connectivity index (χ3n) is 2.44. The second kappa shape index (κ2) is 5.28. The minimum absolute atomic E-state index is 0.149. The molecule has 1 heterocycles. The van der Waals surface area contributed by atoms with Crippen LogP contribution in [0.5, 0.6) is 0 Å². The number of nitrogens with zero attached hydrogens (tertiary/aromatic N) is 1. The average molecular weight is 284 g/mol. The first-order chi connectivity index (χ1) is 9.36. The molecule has 1 N–H and O–H groups in total. The van der Waals surface area contributed by atoms with Crippen molar-refractivity contribution in [1.82, 2.24) is 4.98 Å². The van der Waals surface area contributed by atoms with Crippen molar-refractivity contribution < 1.29 is 22.4 Å². The topological polar surface area (TPSA) is 42.0 Å². The number of hydrogen-bond acceptors (Lipinski definition) is 2. The molecule has 0 unspecified atom stereocenters. The smallest absolute Gasteiger partial charge is 0.321 e. The van der Waals surface area contributed by atoms with Crippen LogP contribution in [0.3, 0.4) is 0 Å². The third kappa shape index (κ3) is 3.31. The highest BCUT2D eigenvalue weighted by Crippen LogP contribution is 2.29. The van der Waals surface area contributed by atoms with Gasteiger partial charge in [-0.15, -0.1) is 0 Å². The lowest BCUT2D eigenvalue weighted by atomic mass is 10.1. The molecule has 20 heavy (non-hydrogen) atoms. The van der Waals surface area contributed by atoms with E-state index in [-0.39, 0.29) is 11.3 Å². The van der Waals surface area contributed by atoms with Crippen LogP contribution in [0, 0.1) is 5.95 Å². The van der Waals surface area contributed by atoms with Crippen molar-refractivity contribution in [3.05, 3.63) is 59.7 Å². The maximum atomic E-state index is 12.6. The van der Waals surface area contributed by atoms with E-state index in [0.717, 1.165) is 30.5 Å². The number of alkyl halides is 3. The van der Waals surface area contributed by atoms with E-state index in [4.69, 9.17) is 0 Å². The fourth-order valence-electron chi connectivity index (χ4n) is 1.49. The highest BCUT2D eigenvalue weighted by molar-refractivity contribution is 6.04. The Balaban J connectivity index is 2.19. The summed E-state index contributed by atoms with van der Waals surface area (Å²) in [6.45, 7) is 0. The number of anilines is 1. The molecule has 0 aliphatic rings. The average Bonchev–Trinajstić information content (AvgIpc) is 2.40. The Bertz CT molecular complexity index is 623. The zero-order valence-corrected chi connectivity index (χ0v) is 9.91. The number of rotatable bonds is 2. The lowest BCUT2D eigenvalue weighted by Gasteiger charge is -2.09. The van der Waals surface area contributed by atoms with Crippen LogP contribution in [0.1, 0.15) is 15.9 Å². The van der Waals surface area contributed by atoms with Crippen LogP contribution in [0.15, 0.2) is 42.6 Å². The molecule has 2 rings (SSSR count). The van der Waals surface area contributed by atoms with Crippen molar-refractivity contribution in [2.75, 3.05) is 5.32 Å². The Morgan fingerprint density at radius 1 is 1.15 bits per heavy atom. The van der Waals surface area contributed by atoms with Crippen LogP contribution < -0.4 is 5.32 Å². The number of hydrogen-bond donors (Lipinski definition) is 1. The lowest BCUT2D eigenvalue weighted by Crippen LogP contribution is -2.14. The largest absolute Gasteiger partial charge is 0.416 e. The molecule has 0 spiro atoms. The van der Waals surface area contributed by atoms with Gasteiger partial charge in [0.25, 0.3) is 5.91 Å². The van der Waals surface area contributed by atoms with Crippen LogP contribution in [-0.2, 0) is 6.18 Å². The number of carbonyl (C=O) groups excluding carboxylic acids is 1. The molecule has 0 saturated carbocycles. The van der Waals surface area contributed by atoms with E-state index in [1.54, 1.807) is 0 Å². The van der Waals surface area contributed by atoms with Gasteiger partial charge in [-0.05, 0) is 30.3 Å². The van der Waals surface area contributed by atoms with Gasteiger partial charge < -0.3 is 5.32 Å². The fraction of sp³-hybridized carbons (Fsp3) is 0.0769. The Morgan fingerprint density at radius 3 is 2.50 bits per heavy atom. The number of benzene rings is 1. The number of aromatic nitrogens is 1. The van der Waals surface area contributed by atoms with Gasteiger partial charge in [-0.3, -0.25) is 4.79 Å². The standard InChI is InChI=1S/C13H8F4N2O/c14-11-5-4-10(7-18-11)19-12(20)8-2-1-3-9(6-8)13(15,16)17/h1-7H,(H,19,20). The summed E-state index contributed by atoms with van der Waals surface area (Å²) < 4.78 is 50.1. The molecule has 0 aliphatic heterocycles. The van der Waals surface area contributed by atoms with Crippen molar-refractivity contribution in [3.63, 3.8) is 0 Å². The molecule has 3 nitrogen and oxygen atoms in total. The van der Waals surface area contributed by atoms with Gasteiger partial charge in [-0.1, -0.05) is 6.07 Å². The summed E-state index contributed by atoms with van der Waals surface area (Å²) >= 11 is 0. The Morgan fingerprint density at radius 2 is 1.90 bits per heavy atom. The second-order valence-corrected chi connectivity index (χ2v) is 3.90. The highest BCUT2D eigenvalue weighted by Gasteiger charge is 2.30. The lowest BCUT2D eigenvalue weighted by molar-refractivity contribution is -0.137. The normalized spacial score (nSPS) is 11.2. The van der Waals surface area contributed by atoms with Crippen LogP contribution >= 0.6 is 0 Å². The van der Waals surface area contributed by atoms with Gasteiger partial charge in [0, 0.05) is 5.56 Å². The van der Waals surface area contributed by atoms with Gasteiger partial charge in [0.05, 0.1) is 17.4 Å². The molecule has 0 saturated heterocycles. The van der Waals surface area contributed by atoms with Gasteiger partial charge in [-0.25, -0.2) is 4.98 Å². The Hall–Kier alpha value is -2.44. The number of nitrogens with one attached hydrogen (secondary N) is 1. The summed E-state index contributed by atoms with van der Waals surface area (Å²) in [5.74, 6) is -1.45. The van der Waals surface area contributed by atoms with Crippen LogP contribution in [0.4, 0.5) is 23.2 Å². The van der Waals surface area contributed by atoms with Crippen molar-refractivity contribution >= 4 is 11.6 Å². The molecule has 0 fully saturated rings. The summed E-state index contributed by atoms with van der Waals surface area (Å²) in [7, 11) is 0. The highest BCUT2D eigenvalue weighted by atomic mass is 19.4. The maximum Gasteiger partial charge on any atom is 0.416 e. The number of amides is 1. The fourth-order valence-corrected chi connectivity index (χ4v) is 1.49. The van der Waals surface area contributed by atoms with Gasteiger partial charge in [0.1, 0.15) is 0 Å². The van der Waals surface area contributed by atoms with Crippen LogP contribution in [-0.4, -0.2) is 10.9 Å². The molecule has 1 aromatic heterocycles. The monoisotopic (exact) mass is 284 g/mol. The van der Waals surface area contributed by atoms with Crippen molar-refractivity contribution in [2.45, 2.75) is 6.18 Å². The van der Waals surface area contributed by atoms with E-state index in [0.29, 0.717) is 0 Å². The molecular formula is C13H8F4N2O. The number of pyridine rings is 1. The van der Waals surface area contributed by atoms with Gasteiger partial charge >= 0.3 is 6.18 Å². The molecule has 0 atom stereocenters. The summed E-state index contributed by atoms with van der Waals surface area (Å²) in [6, 6.07) is 6.29. The molecular weight excluding hydrogens is 276 g/mol. The quantitative estimate of drug-likeness (QED) is 0.677. The van der Waals surface area contributed by atoms with E-state index in [1.807, 2.05) is 0 Å². The molecule has 2 aromatic rings. The first-order valence-electron chi connectivity index (χ1n) is 5.46. The van der Waals surface area contributed by atoms with E-state index in [9.17, 15) is 22.4 Å². The number of halogens is 4. The Kier molecular flexibility index (Phi) is 3.69. The van der Waals surface area contributed by atoms with Crippen molar-refractivity contribution in [3.8, 4) is 0 Å². The zero-order valence-electron chi connectivity index (χ0n) is 9.91. The second-order valence-electron chi connectivity index (χ2n) is 3.90. The summed E-state index contributed by atoms with van der Waals surface area (Å²) in [4.78, 5) is 15.1. The zero-order chi connectivity index (χ0) is 14.8. The molecule has 0 bridgehead atoms. The minimum atomic E-state index is -4.52. The summed E-state index contributed by atoms with van der Waals surface area (Å²) in [5, 5.41) is 2.33. The van der Waals surface area contributed by atoms with E-state index >= 15 is 0 Å². The van der Waals surface area contributed by atoms with Crippen molar-refractivity contribution in [1.29, 1.82) is 0 Å². The van der Waals surface area contributed by atoms with E-state index in [1.165, 1.54) is 12.1 Å². The molecule has 0 aliphatic carbocycles. The van der Waals surface area contributed by atoms with Gasteiger partial charge in [0.15, 0.2) is 0 Å². The predicted molar refractivity (Wildman–Crippen MR) is 63.6 cm³/mol. The Labute approximate surface area is 111 Å². The molecule has 104 valence electrons. The predicted octanol–water partition coefficient (Wildman–Crippen LogP) is 3.49. The van der Waals surface area contributed by atoms with E-state index < -0.39 is 23.6 Å². The summed E-state index contributed by atoms with van der Waals surface area (Å²) in [6.07, 6.45) is -3.45. The van der Waals surface area contributed by atoms with Gasteiger partial charge in [-0.2, -0.15) is 17.6 Å².